The van der Waals surface area contributed by atoms with E-state index in [1.54, 1.807) is 138 Å². The van der Waals surface area contributed by atoms with Gasteiger partial charge in [0.15, 0.2) is 0 Å². The summed E-state index contributed by atoms with van der Waals surface area (Å²) in [7, 11) is -3.65. The second-order valence-corrected chi connectivity index (χ2v) is 27.0. The first-order chi connectivity index (χ1) is 34.4. The monoisotopic (exact) mass is 1110 g/mol. The van der Waals surface area contributed by atoms with E-state index in [1.807, 2.05) is 13.8 Å². The first-order valence-electron chi connectivity index (χ1n) is 27.2. The summed E-state index contributed by atoms with van der Waals surface area (Å²) in [5.74, 6) is -0.676. The normalized spacial score (nSPS) is 14.7. The van der Waals surface area contributed by atoms with Gasteiger partial charge in [-0.2, -0.15) is 8.42 Å². The lowest BCUT2D eigenvalue weighted by atomic mass is 9.97. The van der Waals surface area contributed by atoms with Crippen molar-refractivity contribution in [2.45, 2.75) is 281 Å². The quantitative estimate of drug-likeness (QED) is 0.0354. The molecular formula is C54H104N6O15S. The molecule has 0 spiro atoms. The molecule has 4 unspecified atom stereocenters. The number of carbonyl (C=O) groups is 6. The fourth-order valence-corrected chi connectivity index (χ4v) is 8.17. The molecule has 4 atom stereocenters. The van der Waals surface area contributed by atoms with Crippen LogP contribution in [0.5, 0.6) is 0 Å². The van der Waals surface area contributed by atoms with Crippen molar-refractivity contribution in [3.63, 3.8) is 0 Å². The maximum absolute atomic E-state index is 15.1. The summed E-state index contributed by atoms with van der Waals surface area (Å²) in [5.41, 5.74) is -5.89. The average Bonchev–Trinajstić information content (AvgIpc) is 3.18. The number of carbonyl (C=O) groups excluding carboxylic acids is 6. The topological polar surface area (TPSA) is 238 Å². The van der Waals surface area contributed by atoms with Crippen molar-refractivity contribution >= 4 is 46.7 Å². The summed E-state index contributed by atoms with van der Waals surface area (Å²) in [6.07, 6.45) is -4.31. The molecule has 0 aromatic carbocycles. The van der Waals surface area contributed by atoms with E-state index in [0.717, 1.165) is 6.26 Å². The van der Waals surface area contributed by atoms with E-state index < -0.39 is 111 Å². The predicted molar refractivity (Wildman–Crippen MR) is 294 cm³/mol. The fraction of sp³-hybridized carbons (Fsp3) is 0.889. The van der Waals surface area contributed by atoms with Gasteiger partial charge in [-0.3, -0.25) is 23.8 Å². The van der Waals surface area contributed by atoms with E-state index >= 15 is 9.59 Å². The predicted octanol–water partition coefficient (Wildman–Crippen LogP) is 12.3. The minimum absolute atomic E-state index is 0.00858. The molecule has 22 heteroatoms. The summed E-state index contributed by atoms with van der Waals surface area (Å²) in [6, 6.07) is 0. The molecule has 0 bridgehead atoms. The third-order valence-corrected chi connectivity index (χ3v) is 11.0. The highest BCUT2D eigenvalue weighted by atomic mass is 32.2. The number of amides is 6. The molecule has 0 aliphatic rings. The van der Waals surface area contributed by atoms with Gasteiger partial charge in [-0.25, -0.2) is 28.8 Å². The van der Waals surface area contributed by atoms with Crippen molar-refractivity contribution in [2.24, 2.45) is 5.92 Å². The molecule has 0 radical (unpaired) electrons. The molecule has 446 valence electrons. The van der Waals surface area contributed by atoms with Gasteiger partial charge < -0.3 is 39.1 Å². The van der Waals surface area contributed by atoms with Gasteiger partial charge in [0.1, 0.15) is 58.3 Å². The van der Waals surface area contributed by atoms with Gasteiger partial charge in [0.25, 0.3) is 10.1 Å². The first kappa shape index (κ1) is 71.5. The zero-order chi connectivity index (χ0) is 59.4. The Hall–Kier alpha value is -4.47. The van der Waals surface area contributed by atoms with E-state index in [0.29, 0.717) is 44.9 Å². The molecule has 0 fully saturated rings. The van der Waals surface area contributed by atoms with Crippen LogP contribution < -0.4 is 10.6 Å². The van der Waals surface area contributed by atoms with E-state index in [9.17, 15) is 27.6 Å². The van der Waals surface area contributed by atoms with Crippen LogP contribution in [0.15, 0.2) is 0 Å². The maximum Gasteiger partial charge on any atom is 0.413 e. The highest BCUT2D eigenvalue weighted by molar-refractivity contribution is 7.85. The Labute approximate surface area is 458 Å². The third kappa shape index (κ3) is 31.1. The minimum atomic E-state index is -3.65. The van der Waals surface area contributed by atoms with Crippen LogP contribution in [0.1, 0.15) is 223 Å². The van der Waals surface area contributed by atoms with Gasteiger partial charge in [-0.05, 0) is 169 Å². The van der Waals surface area contributed by atoms with Crippen LogP contribution in [0.25, 0.3) is 0 Å². The van der Waals surface area contributed by atoms with Crippen molar-refractivity contribution in [3.05, 3.63) is 0 Å². The van der Waals surface area contributed by atoms with Crippen LogP contribution in [0.2, 0.25) is 0 Å². The Balaban J connectivity index is 8.69. The molecule has 0 aromatic heterocycles. The lowest BCUT2D eigenvalue weighted by molar-refractivity contribution is -0.0576. The summed E-state index contributed by atoms with van der Waals surface area (Å²) in [5, 5.41) is 5.70. The Kier molecular flexibility index (Phi) is 28.8. The van der Waals surface area contributed by atoms with E-state index in [2.05, 4.69) is 10.6 Å². The first-order valence-corrected chi connectivity index (χ1v) is 29.0. The van der Waals surface area contributed by atoms with Crippen molar-refractivity contribution in [1.29, 1.82) is 0 Å². The summed E-state index contributed by atoms with van der Waals surface area (Å²) >= 11 is 0. The number of ether oxygens (including phenoxy) is 6. The molecule has 21 nitrogen and oxygen atoms in total. The van der Waals surface area contributed by atoms with E-state index in [1.165, 1.54) is 19.6 Å². The van der Waals surface area contributed by atoms with E-state index in [-0.39, 0.29) is 45.4 Å². The zero-order valence-electron chi connectivity index (χ0n) is 51.1. The molecule has 0 aromatic rings. The molecule has 0 saturated carbocycles. The third-order valence-electron chi connectivity index (χ3n) is 10.4. The fourth-order valence-electron chi connectivity index (χ4n) is 7.75. The Morgan fingerprint density at radius 3 is 1.01 bits per heavy atom. The number of rotatable bonds is 26. The van der Waals surface area contributed by atoms with Crippen LogP contribution in [0.4, 0.5) is 28.8 Å². The van der Waals surface area contributed by atoms with Crippen LogP contribution in [0, 0.1) is 5.92 Å². The second-order valence-electron chi connectivity index (χ2n) is 25.3. The molecule has 0 aliphatic carbocycles. The smallest absolute Gasteiger partial charge is 0.413 e. The van der Waals surface area contributed by atoms with Crippen LogP contribution in [0.3, 0.4) is 0 Å². The Morgan fingerprint density at radius 2 is 0.737 bits per heavy atom. The average molecular weight is 1110 g/mol. The lowest BCUT2D eigenvalue weighted by Gasteiger charge is -2.46. The van der Waals surface area contributed by atoms with Gasteiger partial charge in [0.2, 0.25) is 0 Å². The van der Waals surface area contributed by atoms with Gasteiger partial charge in [0.05, 0.1) is 12.9 Å². The van der Waals surface area contributed by atoms with Crippen molar-refractivity contribution in [3.8, 4) is 0 Å². The molecule has 6 amide bonds. The molecule has 0 aliphatic heterocycles. The zero-order valence-corrected chi connectivity index (χ0v) is 51.9. The number of nitrogens with one attached hydrogen (secondary N) is 2. The molecule has 0 heterocycles. The standard InChI is InChI=1S/C54H104N6O15S/c1-24-32-41(59(47(65)74-53(17,18)19)39(26-3)55-43(61)70-49(5,6)7)57(45(63)72-51(11,12)13)36-38(34-30-28-29-31-35-69-76(23,67)68)37-58(46(64)73-52(14,15)16)42(33-25-2)60(48(66)75-54(20,21)22)40(27-4)56-44(62)71-50(8,9)10/h38-42H,24-37H2,1-23H3,(H,55,61)(H,56,62). The van der Waals surface area contributed by atoms with Crippen molar-refractivity contribution in [2.75, 3.05) is 26.0 Å². The summed E-state index contributed by atoms with van der Waals surface area (Å²) < 4.78 is 64.2. The molecule has 2 N–H and O–H groups in total. The number of alkyl carbamates (subject to hydrolysis) is 2. The Morgan fingerprint density at radius 1 is 0.434 bits per heavy atom. The number of hydrogen-bond acceptors (Lipinski definition) is 15. The van der Waals surface area contributed by atoms with Crippen molar-refractivity contribution < 1.29 is 69.8 Å². The van der Waals surface area contributed by atoms with Gasteiger partial charge >= 0.3 is 36.6 Å². The lowest BCUT2D eigenvalue weighted by Crippen LogP contribution is -2.64. The second kappa shape index (κ2) is 30.6. The summed E-state index contributed by atoms with van der Waals surface area (Å²) in [6.45, 7) is 37.8. The number of unbranched alkanes of at least 4 members (excludes halogenated alkanes) is 3. The van der Waals surface area contributed by atoms with Crippen LogP contribution in [-0.2, 0) is 42.7 Å². The van der Waals surface area contributed by atoms with Gasteiger partial charge in [-0.1, -0.05) is 59.8 Å². The van der Waals surface area contributed by atoms with Crippen molar-refractivity contribution in [1.82, 2.24) is 30.2 Å². The minimum Gasteiger partial charge on any atom is -0.444 e. The molecular weight excluding hydrogens is 1000 g/mol. The number of hydrogen-bond donors (Lipinski definition) is 2. The molecule has 0 saturated heterocycles. The highest BCUT2D eigenvalue weighted by Crippen LogP contribution is 2.30. The largest absolute Gasteiger partial charge is 0.444 e. The molecule has 0 rings (SSSR count). The summed E-state index contributed by atoms with van der Waals surface area (Å²) in [4.78, 5) is 92.4. The highest BCUT2D eigenvalue weighted by Gasteiger charge is 2.45. The maximum atomic E-state index is 15.1. The van der Waals surface area contributed by atoms with Gasteiger partial charge in [0, 0.05) is 13.1 Å². The SMILES string of the molecule is CCCC(N(CC(CCCCCCOS(C)(=O)=O)CN(C(=O)OC(C)(C)C)C(CCC)N(C(=O)OC(C)(C)C)C(CC)NC(=O)OC(C)(C)C)C(=O)OC(C)(C)C)N(C(=O)OC(C)(C)C)C(CC)NC(=O)OC(C)(C)C. The van der Waals surface area contributed by atoms with E-state index in [4.69, 9.17) is 32.6 Å². The Bertz CT molecular complexity index is 1810. The molecule has 76 heavy (non-hydrogen) atoms. The van der Waals surface area contributed by atoms with Crippen LogP contribution in [-0.4, -0.2) is 149 Å². The van der Waals surface area contributed by atoms with Gasteiger partial charge in [-0.15, -0.1) is 0 Å². The number of nitrogens with zero attached hydrogens (tertiary/aromatic N) is 4. The van der Waals surface area contributed by atoms with Crippen LogP contribution >= 0.6 is 0 Å².